The number of rotatable bonds is 10. The molecule has 8 heteroatoms. The zero-order chi connectivity index (χ0) is 21.1. The minimum absolute atomic E-state index is 0.287. The predicted octanol–water partition coefficient (Wildman–Crippen LogP) is 4.76. The zero-order valence-corrected chi connectivity index (χ0v) is 20.6. The lowest BCUT2D eigenvalue weighted by atomic mass is 10.1. The van der Waals surface area contributed by atoms with Crippen molar-refractivity contribution in [3.8, 4) is 0 Å². The average molecular weight is 421 g/mol. The molecule has 0 saturated carbocycles. The molecule has 0 aliphatic carbocycles. The molecule has 2 rings (SSSR count). The minimum Gasteiger partial charge on any atom is -0.376 e. The first kappa shape index (κ1) is 22.8. The molecular weight excluding hydrogens is 384 g/mol. The highest BCUT2D eigenvalue weighted by Crippen LogP contribution is 2.21. The molecular formula is C20H36N4O2Si2. The largest absolute Gasteiger partial charge is 0.376 e. The summed E-state index contributed by atoms with van der Waals surface area (Å²) in [5.74, 6) is 0. The van der Waals surface area contributed by atoms with Crippen LogP contribution in [0.2, 0.25) is 39.3 Å². The van der Waals surface area contributed by atoms with E-state index in [0.717, 1.165) is 28.3 Å². The van der Waals surface area contributed by atoms with Crippen molar-refractivity contribution in [3.05, 3.63) is 41.5 Å². The fourth-order valence-electron chi connectivity index (χ4n) is 2.24. The molecule has 2 atom stereocenters. The first-order valence-electron chi connectivity index (χ1n) is 9.89. The standard InChI is InChI=1S/C20H36N4O2Si2/c1-14(19-10-17(21-23-19)12-25-15(2)27(4,5)6)20-11-18(22-24-20)13-26-16(3)28(7,8)9/h10-11,15-16H,1,12-13H2,2-9H3,(H,21,23)(H,22,24). The van der Waals surface area contributed by atoms with Crippen molar-refractivity contribution in [1.82, 2.24) is 20.4 Å². The van der Waals surface area contributed by atoms with Crippen LogP contribution in [0, 0.1) is 0 Å². The highest BCUT2D eigenvalue weighted by atomic mass is 28.3. The second-order valence-electron chi connectivity index (χ2n) is 9.67. The number of nitrogens with zero attached hydrogens (tertiary/aromatic N) is 2. The van der Waals surface area contributed by atoms with Crippen molar-refractivity contribution < 1.29 is 9.47 Å². The van der Waals surface area contributed by atoms with E-state index in [9.17, 15) is 0 Å². The van der Waals surface area contributed by atoms with Crippen LogP contribution in [0.3, 0.4) is 0 Å². The average Bonchev–Trinajstić information content (AvgIpc) is 3.24. The van der Waals surface area contributed by atoms with Gasteiger partial charge in [0.1, 0.15) is 0 Å². The van der Waals surface area contributed by atoms with Gasteiger partial charge in [0.05, 0.1) is 52.1 Å². The van der Waals surface area contributed by atoms with Crippen LogP contribution in [0.4, 0.5) is 0 Å². The summed E-state index contributed by atoms with van der Waals surface area (Å²) in [7, 11) is -2.61. The summed E-state index contributed by atoms with van der Waals surface area (Å²) in [6.45, 7) is 23.4. The number of aromatic nitrogens is 4. The van der Waals surface area contributed by atoms with Crippen LogP contribution >= 0.6 is 0 Å². The molecule has 0 amide bonds. The number of H-pyrrole nitrogens is 2. The van der Waals surface area contributed by atoms with E-state index >= 15 is 0 Å². The van der Waals surface area contributed by atoms with E-state index < -0.39 is 16.1 Å². The summed E-state index contributed by atoms with van der Waals surface area (Å²) >= 11 is 0. The van der Waals surface area contributed by atoms with Gasteiger partial charge in [-0.15, -0.1) is 0 Å². The fourth-order valence-corrected chi connectivity index (χ4v) is 3.41. The van der Waals surface area contributed by atoms with E-state index in [2.05, 4.69) is 80.1 Å². The van der Waals surface area contributed by atoms with Gasteiger partial charge in [0.2, 0.25) is 0 Å². The Morgan fingerprint density at radius 3 is 1.54 bits per heavy atom. The van der Waals surface area contributed by atoms with Gasteiger partial charge in [0.25, 0.3) is 0 Å². The minimum atomic E-state index is -1.31. The summed E-state index contributed by atoms with van der Waals surface area (Å²) in [6.07, 6.45) is 0. The molecule has 2 unspecified atom stereocenters. The lowest BCUT2D eigenvalue weighted by molar-refractivity contribution is 0.0953. The van der Waals surface area contributed by atoms with Crippen LogP contribution in [0.15, 0.2) is 18.7 Å². The van der Waals surface area contributed by atoms with E-state index in [1.54, 1.807) is 0 Å². The van der Waals surface area contributed by atoms with Crippen LogP contribution in [0.5, 0.6) is 0 Å². The zero-order valence-electron chi connectivity index (χ0n) is 18.6. The number of aromatic amines is 2. The smallest absolute Gasteiger partial charge is 0.0940 e. The molecule has 2 aromatic rings. The van der Waals surface area contributed by atoms with Crippen LogP contribution in [-0.4, -0.2) is 48.0 Å². The van der Waals surface area contributed by atoms with Gasteiger partial charge in [-0.1, -0.05) is 45.9 Å². The Balaban J connectivity index is 1.94. The van der Waals surface area contributed by atoms with Crippen molar-refractivity contribution in [2.24, 2.45) is 0 Å². The third-order valence-electron chi connectivity index (χ3n) is 5.30. The topological polar surface area (TPSA) is 75.8 Å². The molecule has 0 fully saturated rings. The van der Waals surface area contributed by atoms with Crippen molar-refractivity contribution in [2.45, 2.75) is 77.8 Å². The van der Waals surface area contributed by atoms with Crippen molar-refractivity contribution in [2.75, 3.05) is 0 Å². The van der Waals surface area contributed by atoms with Gasteiger partial charge in [0, 0.05) is 17.0 Å². The first-order valence-corrected chi connectivity index (χ1v) is 17.0. The van der Waals surface area contributed by atoms with Crippen LogP contribution in [-0.2, 0) is 22.7 Å². The molecule has 0 saturated heterocycles. The second-order valence-corrected chi connectivity index (χ2v) is 20.8. The van der Waals surface area contributed by atoms with E-state index in [1.165, 1.54) is 0 Å². The maximum atomic E-state index is 6.00. The Morgan fingerprint density at radius 2 is 1.21 bits per heavy atom. The maximum Gasteiger partial charge on any atom is 0.0940 e. The highest BCUT2D eigenvalue weighted by molar-refractivity contribution is 6.77. The van der Waals surface area contributed by atoms with E-state index in [4.69, 9.17) is 9.47 Å². The molecule has 2 aromatic heterocycles. The third kappa shape index (κ3) is 6.26. The number of nitrogens with one attached hydrogen (secondary N) is 2. The predicted molar refractivity (Wildman–Crippen MR) is 121 cm³/mol. The summed E-state index contributed by atoms with van der Waals surface area (Å²) in [5.41, 5.74) is 4.82. The lowest BCUT2D eigenvalue weighted by Crippen LogP contribution is -2.37. The van der Waals surface area contributed by atoms with Gasteiger partial charge in [0.15, 0.2) is 0 Å². The van der Waals surface area contributed by atoms with Gasteiger partial charge in [-0.2, -0.15) is 10.2 Å². The molecule has 28 heavy (non-hydrogen) atoms. The van der Waals surface area contributed by atoms with Crippen molar-refractivity contribution >= 4 is 21.7 Å². The van der Waals surface area contributed by atoms with E-state index in [-0.39, 0.29) is 11.5 Å². The van der Waals surface area contributed by atoms with Crippen molar-refractivity contribution in [3.63, 3.8) is 0 Å². The fraction of sp³-hybridized carbons (Fsp3) is 0.600. The SMILES string of the molecule is C=C(c1cc(COC(C)[Si](C)(C)C)[nH]n1)c1cc(COC(C)[Si](C)(C)C)[nH]n1. The molecule has 0 spiro atoms. The van der Waals surface area contributed by atoms with Crippen LogP contribution < -0.4 is 0 Å². The van der Waals surface area contributed by atoms with Crippen molar-refractivity contribution in [1.29, 1.82) is 0 Å². The Hall–Kier alpha value is -1.49. The molecule has 0 radical (unpaired) electrons. The summed E-state index contributed by atoms with van der Waals surface area (Å²) < 4.78 is 12.0. The van der Waals surface area contributed by atoms with Crippen LogP contribution in [0.1, 0.15) is 36.6 Å². The molecule has 2 heterocycles. The van der Waals surface area contributed by atoms with Gasteiger partial charge >= 0.3 is 0 Å². The van der Waals surface area contributed by atoms with E-state index in [1.807, 2.05) is 12.1 Å². The number of hydrogen-bond donors (Lipinski definition) is 2. The Kier molecular flexibility index (Phi) is 7.24. The van der Waals surface area contributed by atoms with Gasteiger partial charge < -0.3 is 9.47 Å². The first-order chi connectivity index (χ1) is 12.9. The molecule has 0 aliphatic rings. The Bertz CT molecular complexity index is 722. The molecule has 0 bridgehead atoms. The molecule has 0 aliphatic heterocycles. The summed E-state index contributed by atoms with van der Waals surface area (Å²) in [4.78, 5) is 0. The molecule has 156 valence electrons. The Labute approximate surface area is 171 Å². The quantitative estimate of drug-likeness (QED) is 0.543. The molecule has 2 N–H and O–H groups in total. The monoisotopic (exact) mass is 420 g/mol. The normalized spacial score (nSPS) is 14.9. The lowest BCUT2D eigenvalue weighted by Gasteiger charge is -2.24. The third-order valence-corrected chi connectivity index (χ3v) is 10.5. The summed E-state index contributed by atoms with van der Waals surface area (Å²) in [5, 5.41) is 14.8. The van der Waals surface area contributed by atoms with Gasteiger partial charge in [-0.3, -0.25) is 10.2 Å². The van der Waals surface area contributed by atoms with Gasteiger partial charge in [-0.05, 0) is 26.0 Å². The van der Waals surface area contributed by atoms with E-state index in [0.29, 0.717) is 13.2 Å². The highest BCUT2D eigenvalue weighted by Gasteiger charge is 2.24. The molecule has 0 aromatic carbocycles. The summed E-state index contributed by atoms with van der Waals surface area (Å²) in [6, 6.07) is 3.97. The molecule has 6 nitrogen and oxygen atoms in total. The second kappa shape index (κ2) is 8.90. The Morgan fingerprint density at radius 1 is 0.857 bits per heavy atom. The van der Waals surface area contributed by atoms with Crippen LogP contribution in [0.25, 0.3) is 5.57 Å². The number of ether oxygens (including phenoxy) is 2. The maximum absolute atomic E-state index is 6.00. The number of hydrogen-bond acceptors (Lipinski definition) is 4. The van der Waals surface area contributed by atoms with Gasteiger partial charge in [-0.25, -0.2) is 0 Å².